The molecule has 0 radical (unpaired) electrons. The molecule has 0 saturated heterocycles. The number of thiazole rings is 1. The molecule has 0 unspecified atom stereocenters. The molecule has 17 heavy (non-hydrogen) atoms. The van der Waals surface area contributed by atoms with Gasteiger partial charge in [0.2, 0.25) is 5.91 Å². The lowest BCUT2D eigenvalue weighted by Crippen LogP contribution is -2.31. The molecule has 1 aromatic rings. The first-order chi connectivity index (χ1) is 8.00. The molecule has 0 atom stereocenters. The summed E-state index contributed by atoms with van der Waals surface area (Å²) >= 11 is 1.05. The number of aromatic nitrogens is 1. The third-order valence-electron chi connectivity index (χ3n) is 2.17. The number of hydrogen-bond acceptors (Lipinski definition) is 4. The van der Waals surface area contributed by atoms with Crippen LogP contribution in [0.25, 0.3) is 0 Å². The smallest absolute Gasteiger partial charge is 0.307 e. The predicted molar refractivity (Wildman–Crippen MR) is 63.2 cm³/mol. The van der Waals surface area contributed by atoms with Crippen LogP contribution in [-0.4, -0.2) is 28.1 Å². The monoisotopic (exact) mass is 258 g/mol. The zero-order valence-electron chi connectivity index (χ0n) is 9.43. The first-order valence-electron chi connectivity index (χ1n) is 5.14. The fourth-order valence-electron chi connectivity index (χ4n) is 1.26. The van der Waals surface area contributed by atoms with Gasteiger partial charge in [0.15, 0.2) is 0 Å². The van der Waals surface area contributed by atoms with Gasteiger partial charge in [0.05, 0.1) is 0 Å². The van der Waals surface area contributed by atoms with Gasteiger partial charge in [-0.15, -0.1) is 0 Å². The minimum Gasteiger partial charge on any atom is -0.481 e. The number of nitrogens with zero attached hydrogens (tertiary/aromatic N) is 1. The molecule has 94 valence electrons. The van der Waals surface area contributed by atoms with Gasteiger partial charge in [-0.05, 0) is 13.3 Å². The van der Waals surface area contributed by atoms with Crippen molar-refractivity contribution in [3.63, 3.8) is 0 Å². The number of aliphatic carboxylic acids is 1. The summed E-state index contributed by atoms with van der Waals surface area (Å²) in [5.74, 6) is -1.16. The number of hydrogen-bond donors (Lipinski definition) is 2. The number of carbonyl (C=O) groups excluding carboxylic acids is 1. The van der Waals surface area contributed by atoms with Gasteiger partial charge < -0.3 is 10.4 Å². The molecular weight excluding hydrogens is 244 g/mol. The van der Waals surface area contributed by atoms with Crippen molar-refractivity contribution in [3.05, 3.63) is 20.7 Å². The van der Waals surface area contributed by atoms with Crippen LogP contribution in [0.3, 0.4) is 0 Å². The summed E-state index contributed by atoms with van der Waals surface area (Å²) in [6, 6.07) is 0. The normalized spacial score (nSPS) is 10.2. The second-order valence-electron chi connectivity index (χ2n) is 3.58. The zero-order chi connectivity index (χ0) is 12.8. The highest BCUT2D eigenvalue weighted by molar-refractivity contribution is 7.07. The van der Waals surface area contributed by atoms with Gasteiger partial charge in [0.1, 0.15) is 6.54 Å². The Bertz CT molecular complexity index is 463. The van der Waals surface area contributed by atoms with Crippen LogP contribution in [0.1, 0.15) is 18.5 Å². The Balaban J connectivity index is 2.35. The quantitative estimate of drug-likeness (QED) is 0.713. The highest BCUT2D eigenvalue weighted by atomic mass is 32.1. The molecule has 1 rings (SSSR count). The van der Waals surface area contributed by atoms with E-state index < -0.39 is 5.97 Å². The maximum atomic E-state index is 11.4. The van der Waals surface area contributed by atoms with E-state index in [4.69, 9.17) is 5.11 Å². The van der Waals surface area contributed by atoms with Gasteiger partial charge in [-0.2, -0.15) is 0 Å². The van der Waals surface area contributed by atoms with Crippen molar-refractivity contribution in [3.8, 4) is 0 Å². The van der Waals surface area contributed by atoms with E-state index in [2.05, 4.69) is 5.32 Å². The van der Waals surface area contributed by atoms with Crippen molar-refractivity contribution in [2.75, 3.05) is 6.54 Å². The van der Waals surface area contributed by atoms with Crippen molar-refractivity contribution in [2.24, 2.45) is 0 Å². The molecule has 1 amide bonds. The van der Waals surface area contributed by atoms with Crippen molar-refractivity contribution < 1.29 is 14.7 Å². The third kappa shape index (κ3) is 4.39. The molecule has 0 spiro atoms. The predicted octanol–water partition coefficient (Wildman–Crippen LogP) is 0.199. The van der Waals surface area contributed by atoms with E-state index in [-0.39, 0.29) is 23.7 Å². The number of rotatable bonds is 6. The molecule has 0 aliphatic carbocycles. The average molecular weight is 258 g/mol. The van der Waals surface area contributed by atoms with E-state index in [1.165, 1.54) is 4.57 Å². The maximum Gasteiger partial charge on any atom is 0.307 e. The third-order valence-corrected chi connectivity index (χ3v) is 3.05. The molecule has 0 fully saturated rings. The second-order valence-corrected chi connectivity index (χ2v) is 4.40. The molecule has 7 heteroatoms. The number of carboxylic acid groups (broad SMARTS) is 1. The van der Waals surface area contributed by atoms with Gasteiger partial charge in [-0.25, -0.2) is 0 Å². The summed E-state index contributed by atoms with van der Waals surface area (Å²) in [4.78, 5) is 32.8. The van der Waals surface area contributed by atoms with Crippen LogP contribution in [-0.2, 0) is 16.1 Å². The Labute approximate surface area is 102 Å². The topological polar surface area (TPSA) is 88.4 Å². The Kier molecular flexibility index (Phi) is 4.89. The van der Waals surface area contributed by atoms with E-state index >= 15 is 0 Å². The first-order valence-corrected chi connectivity index (χ1v) is 6.02. The van der Waals surface area contributed by atoms with E-state index in [0.717, 1.165) is 17.0 Å². The molecule has 6 nitrogen and oxygen atoms in total. The van der Waals surface area contributed by atoms with Crippen LogP contribution in [0.4, 0.5) is 0 Å². The van der Waals surface area contributed by atoms with Crippen molar-refractivity contribution in [1.82, 2.24) is 9.88 Å². The van der Waals surface area contributed by atoms with Gasteiger partial charge >= 0.3 is 10.8 Å². The molecule has 2 N–H and O–H groups in total. The van der Waals surface area contributed by atoms with Crippen LogP contribution in [0.5, 0.6) is 0 Å². The van der Waals surface area contributed by atoms with Gasteiger partial charge in [0.25, 0.3) is 0 Å². The number of carboxylic acids is 1. The number of nitrogens with one attached hydrogen (secondary N) is 1. The number of aryl methyl sites for hydroxylation is 1. The van der Waals surface area contributed by atoms with E-state index in [1.54, 1.807) is 12.3 Å². The lowest BCUT2D eigenvalue weighted by Gasteiger charge is -2.05. The first kappa shape index (κ1) is 13.4. The molecule has 0 bridgehead atoms. The van der Waals surface area contributed by atoms with Crippen LogP contribution in [0.2, 0.25) is 0 Å². The second kappa shape index (κ2) is 6.19. The maximum absolute atomic E-state index is 11.4. The fourth-order valence-corrected chi connectivity index (χ4v) is 2.00. The Morgan fingerprint density at radius 1 is 1.53 bits per heavy atom. The molecule has 0 aliphatic rings. The van der Waals surface area contributed by atoms with E-state index in [0.29, 0.717) is 13.0 Å². The zero-order valence-corrected chi connectivity index (χ0v) is 10.2. The Morgan fingerprint density at radius 3 is 2.76 bits per heavy atom. The SMILES string of the molecule is Cc1csc(=O)n1CC(=O)NCCCC(=O)O. The summed E-state index contributed by atoms with van der Waals surface area (Å²) in [6.45, 7) is 2.06. The lowest BCUT2D eigenvalue weighted by atomic mass is 10.3. The molecule has 1 aromatic heterocycles. The summed E-state index contributed by atoms with van der Waals surface area (Å²) in [7, 11) is 0. The van der Waals surface area contributed by atoms with Crippen molar-refractivity contribution in [1.29, 1.82) is 0 Å². The molecule has 0 aliphatic heterocycles. The fraction of sp³-hybridized carbons (Fsp3) is 0.500. The van der Waals surface area contributed by atoms with Crippen LogP contribution in [0.15, 0.2) is 10.2 Å². The van der Waals surface area contributed by atoms with Crippen molar-refractivity contribution in [2.45, 2.75) is 26.3 Å². The number of carbonyl (C=O) groups is 2. The summed E-state index contributed by atoms with van der Waals surface area (Å²) in [5.41, 5.74) is 0.751. The van der Waals surface area contributed by atoms with Gasteiger partial charge in [0, 0.05) is 24.0 Å². The highest BCUT2D eigenvalue weighted by Gasteiger charge is 2.07. The summed E-state index contributed by atoms with van der Waals surface area (Å²) in [6.07, 6.45) is 0.413. The minimum absolute atomic E-state index is 0.0127. The van der Waals surface area contributed by atoms with Crippen LogP contribution < -0.4 is 10.2 Å². The summed E-state index contributed by atoms with van der Waals surface area (Å²) < 4.78 is 1.39. The average Bonchev–Trinajstić information content (AvgIpc) is 2.56. The standard InChI is InChI=1S/C10H14N2O4S/c1-7-6-17-10(16)12(7)5-8(13)11-4-2-3-9(14)15/h6H,2-5H2,1H3,(H,11,13)(H,14,15). The molecule has 1 heterocycles. The highest BCUT2D eigenvalue weighted by Crippen LogP contribution is 1.98. The molecule has 0 saturated carbocycles. The van der Waals surface area contributed by atoms with Crippen molar-refractivity contribution >= 4 is 23.2 Å². The van der Waals surface area contributed by atoms with E-state index in [1.807, 2.05) is 0 Å². The Morgan fingerprint density at radius 2 is 2.24 bits per heavy atom. The van der Waals surface area contributed by atoms with Gasteiger partial charge in [-0.1, -0.05) is 11.3 Å². The molecule has 0 aromatic carbocycles. The minimum atomic E-state index is -0.885. The molecular formula is C10H14N2O4S. The van der Waals surface area contributed by atoms with E-state index in [9.17, 15) is 14.4 Å². The van der Waals surface area contributed by atoms with Gasteiger partial charge in [-0.3, -0.25) is 19.0 Å². The number of amides is 1. The van der Waals surface area contributed by atoms with Crippen LogP contribution >= 0.6 is 11.3 Å². The summed E-state index contributed by atoms with van der Waals surface area (Å²) in [5, 5.41) is 12.7. The largest absolute Gasteiger partial charge is 0.481 e. The van der Waals surface area contributed by atoms with Crippen LogP contribution in [0, 0.1) is 6.92 Å². The Hall–Kier alpha value is -1.63. The lowest BCUT2D eigenvalue weighted by molar-refractivity contribution is -0.137.